The molecule has 2 heterocycles. The largest absolute Gasteiger partial charge is 0.573 e. The number of pyridine rings is 1. The fourth-order valence-electron chi connectivity index (χ4n) is 4.34. The van der Waals surface area contributed by atoms with Gasteiger partial charge in [-0.3, -0.25) is 4.79 Å². The summed E-state index contributed by atoms with van der Waals surface area (Å²) in [5.41, 5.74) is 3.33. The van der Waals surface area contributed by atoms with Gasteiger partial charge < -0.3 is 20.3 Å². The van der Waals surface area contributed by atoms with Crippen LogP contribution in [0.25, 0.3) is 11.1 Å². The third-order valence-corrected chi connectivity index (χ3v) is 5.87. The first-order valence-electron chi connectivity index (χ1n) is 11.3. The molecule has 1 fully saturated rings. The second-order valence-electron chi connectivity index (χ2n) is 8.78. The zero-order chi connectivity index (χ0) is 25.2. The lowest BCUT2D eigenvalue weighted by molar-refractivity contribution is -0.274. The molecule has 3 aromatic rings. The van der Waals surface area contributed by atoms with E-state index in [1.54, 1.807) is 36.5 Å². The molecule has 0 aliphatic carbocycles. The van der Waals surface area contributed by atoms with Gasteiger partial charge in [-0.2, -0.15) is 0 Å². The highest BCUT2D eigenvalue weighted by molar-refractivity contribution is 6.05. The number of nitrogens with one attached hydrogen (secondary N) is 2. The average molecular weight is 485 g/mol. The van der Waals surface area contributed by atoms with Crippen molar-refractivity contribution >= 4 is 17.4 Å². The monoisotopic (exact) mass is 484 g/mol. The zero-order valence-electron chi connectivity index (χ0n) is 19.7. The summed E-state index contributed by atoms with van der Waals surface area (Å²) in [4.78, 5) is 19.6. The van der Waals surface area contributed by atoms with Gasteiger partial charge in [0.2, 0.25) is 0 Å². The Morgan fingerprint density at radius 3 is 2.34 bits per heavy atom. The summed E-state index contributed by atoms with van der Waals surface area (Å²) >= 11 is 0. The maximum atomic E-state index is 12.9. The number of carbonyl (C=O) groups excluding carboxylic acids is 1. The van der Waals surface area contributed by atoms with E-state index in [0.29, 0.717) is 28.9 Å². The fourth-order valence-corrected chi connectivity index (χ4v) is 4.34. The summed E-state index contributed by atoms with van der Waals surface area (Å²) in [7, 11) is 0. The van der Waals surface area contributed by atoms with Gasteiger partial charge >= 0.3 is 6.36 Å². The Balaban J connectivity index is 1.47. The Kier molecular flexibility index (Phi) is 6.98. The van der Waals surface area contributed by atoms with Gasteiger partial charge in [-0.1, -0.05) is 24.3 Å². The first-order valence-corrected chi connectivity index (χ1v) is 11.3. The Labute approximate surface area is 202 Å². The van der Waals surface area contributed by atoms with E-state index in [9.17, 15) is 18.0 Å². The third kappa shape index (κ3) is 6.10. The van der Waals surface area contributed by atoms with E-state index in [2.05, 4.69) is 39.1 Å². The topological polar surface area (TPSA) is 66.5 Å². The Morgan fingerprint density at radius 2 is 1.74 bits per heavy atom. The molecule has 0 saturated carbocycles. The molecule has 0 radical (unpaired) electrons. The Hall–Kier alpha value is -3.59. The molecule has 1 aliphatic rings. The highest BCUT2D eigenvalue weighted by atomic mass is 19.4. The molecule has 1 amide bonds. The van der Waals surface area contributed by atoms with Crippen molar-refractivity contribution in [1.82, 2.24) is 10.3 Å². The van der Waals surface area contributed by atoms with E-state index >= 15 is 0 Å². The molecule has 4 rings (SSSR count). The molecule has 6 nitrogen and oxygen atoms in total. The van der Waals surface area contributed by atoms with Gasteiger partial charge in [0.1, 0.15) is 11.6 Å². The standard InChI is InChI=1S/C26H27F3N4O2/c1-16-14-33(15-17(2)31-16)24-12-9-20(13-30-24)25(34)32-23-6-4-5-22(18(23)3)19-7-10-21(11-8-19)35-26(27,28)29/h4-13,16-17,31H,14-15H2,1-3H3,(H,32,34)/t16-,17+. The van der Waals surface area contributed by atoms with Gasteiger partial charge in [0.25, 0.3) is 5.91 Å². The number of ether oxygens (including phenoxy) is 1. The van der Waals surface area contributed by atoms with Crippen molar-refractivity contribution in [1.29, 1.82) is 0 Å². The van der Waals surface area contributed by atoms with Crippen LogP contribution in [0.15, 0.2) is 60.8 Å². The molecule has 184 valence electrons. The van der Waals surface area contributed by atoms with Gasteiger partial charge in [0.15, 0.2) is 0 Å². The van der Waals surface area contributed by atoms with Gasteiger partial charge in [-0.15, -0.1) is 13.2 Å². The van der Waals surface area contributed by atoms with Crippen LogP contribution < -0.4 is 20.3 Å². The van der Waals surface area contributed by atoms with Crippen molar-refractivity contribution in [2.24, 2.45) is 0 Å². The molecule has 0 bridgehead atoms. The lowest BCUT2D eigenvalue weighted by atomic mass is 9.99. The maximum Gasteiger partial charge on any atom is 0.573 e. The summed E-state index contributed by atoms with van der Waals surface area (Å²) < 4.78 is 41.2. The van der Waals surface area contributed by atoms with Crippen LogP contribution in [0.2, 0.25) is 0 Å². The molecule has 0 unspecified atom stereocenters. The Morgan fingerprint density at radius 1 is 1.06 bits per heavy atom. The molecule has 35 heavy (non-hydrogen) atoms. The molecular weight excluding hydrogens is 457 g/mol. The third-order valence-electron chi connectivity index (χ3n) is 5.87. The van der Waals surface area contributed by atoms with E-state index in [1.807, 2.05) is 19.1 Å². The number of aromatic nitrogens is 1. The van der Waals surface area contributed by atoms with E-state index in [4.69, 9.17) is 0 Å². The van der Waals surface area contributed by atoms with Crippen LogP contribution in [0.5, 0.6) is 5.75 Å². The summed E-state index contributed by atoms with van der Waals surface area (Å²) in [5.74, 6) is 0.252. The summed E-state index contributed by atoms with van der Waals surface area (Å²) in [5, 5.41) is 6.40. The van der Waals surface area contributed by atoms with Crippen LogP contribution in [0, 0.1) is 6.92 Å². The van der Waals surface area contributed by atoms with Gasteiger partial charge in [-0.05, 0) is 67.8 Å². The second kappa shape index (κ2) is 9.95. The predicted molar refractivity (Wildman–Crippen MR) is 130 cm³/mol. The molecule has 1 aliphatic heterocycles. The number of hydrogen-bond donors (Lipinski definition) is 2. The number of piperazine rings is 1. The molecule has 1 aromatic heterocycles. The lowest BCUT2D eigenvalue weighted by Crippen LogP contribution is -2.54. The first kappa shape index (κ1) is 24.5. The van der Waals surface area contributed by atoms with E-state index < -0.39 is 6.36 Å². The molecule has 1 saturated heterocycles. The van der Waals surface area contributed by atoms with Crippen molar-refractivity contribution in [3.05, 3.63) is 71.9 Å². The lowest BCUT2D eigenvalue weighted by Gasteiger charge is -2.36. The molecule has 9 heteroatoms. The molecule has 2 atom stereocenters. The average Bonchev–Trinajstić information content (AvgIpc) is 2.79. The molecular formula is C26H27F3N4O2. The van der Waals surface area contributed by atoms with Crippen molar-refractivity contribution in [2.75, 3.05) is 23.3 Å². The summed E-state index contributed by atoms with van der Waals surface area (Å²) in [6, 6.07) is 15.4. The predicted octanol–water partition coefficient (Wildman–Crippen LogP) is 5.39. The number of benzene rings is 2. The summed E-state index contributed by atoms with van der Waals surface area (Å²) in [6.45, 7) is 7.80. The van der Waals surface area contributed by atoms with E-state index in [-0.39, 0.29) is 11.7 Å². The van der Waals surface area contributed by atoms with Crippen LogP contribution >= 0.6 is 0 Å². The van der Waals surface area contributed by atoms with Crippen molar-refractivity contribution in [2.45, 2.75) is 39.2 Å². The quantitative estimate of drug-likeness (QED) is 0.508. The van der Waals surface area contributed by atoms with Crippen molar-refractivity contribution in [3.63, 3.8) is 0 Å². The SMILES string of the molecule is Cc1c(NC(=O)c2ccc(N3C[C@@H](C)N[C@@H](C)C3)nc2)cccc1-c1ccc(OC(F)(F)F)cc1. The number of amides is 1. The van der Waals surface area contributed by atoms with Gasteiger partial charge in [-0.25, -0.2) is 4.98 Å². The maximum absolute atomic E-state index is 12.9. The smallest absolute Gasteiger partial charge is 0.406 e. The van der Waals surface area contributed by atoms with Gasteiger partial charge in [0, 0.05) is 37.1 Å². The molecule has 0 spiro atoms. The molecule has 2 aromatic carbocycles. The van der Waals surface area contributed by atoms with Crippen LogP contribution in [0.4, 0.5) is 24.7 Å². The van der Waals surface area contributed by atoms with Crippen LogP contribution in [0.3, 0.4) is 0 Å². The highest BCUT2D eigenvalue weighted by Gasteiger charge is 2.31. The normalized spacial score (nSPS) is 18.3. The minimum Gasteiger partial charge on any atom is -0.406 e. The number of halogens is 3. The highest BCUT2D eigenvalue weighted by Crippen LogP contribution is 2.31. The van der Waals surface area contributed by atoms with Crippen LogP contribution in [-0.4, -0.2) is 42.4 Å². The van der Waals surface area contributed by atoms with Gasteiger partial charge in [0.05, 0.1) is 5.56 Å². The zero-order valence-corrected chi connectivity index (χ0v) is 19.7. The first-order chi connectivity index (χ1) is 16.6. The fraction of sp³-hybridized carbons (Fsp3) is 0.308. The number of nitrogens with zero attached hydrogens (tertiary/aromatic N) is 2. The number of anilines is 2. The number of hydrogen-bond acceptors (Lipinski definition) is 5. The van der Waals surface area contributed by atoms with Crippen LogP contribution in [-0.2, 0) is 0 Å². The molecule has 2 N–H and O–H groups in total. The summed E-state index contributed by atoms with van der Waals surface area (Å²) in [6.07, 6.45) is -3.17. The number of rotatable bonds is 5. The van der Waals surface area contributed by atoms with Crippen molar-refractivity contribution in [3.8, 4) is 16.9 Å². The van der Waals surface area contributed by atoms with E-state index in [1.165, 1.54) is 12.1 Å². The van der Waals surface area contributed by atoms with Crippen LogP contribution in [0.1, 0.15) is 29.8 Å². The van der Waals surface area contributed by atoms with E-state index in [0.717, 1.165) is 30.0 Å². The number of carbonyl (C=O) groups is 1. The second-order valence-corrected chi connectivity index (χ2v) is 8.78. The minimum atomic E-state index is -4.74. The minimum absolute atomic E-state index is 0.288. The number of alkyl halides is 3. The Bertz CT molecular complexity index is 1170. The van der Waals surface area contributed by atoms with Crippen molar-refractivity contribution < 1.29 is 22.7 Å².